The van der Waals surface area contributed by atoms with Crippen LogP contribution in [-0.2, 0) is 20.7 Å². The van der Waals surface area contributed by atoms with Gasteiger partial charge in [-0.1, -0.05) is 6.07 Å². The van der Waals surface area contributed by atoms with Crippen LogP contribution in [0.5, 0.6) is 0 Å². The Bertz CT molecular complexity index is 657. The van der Waals surface area contributed by atoms with Crippen molar-refractivity contribution in [2.24, 2.45) is 0 Å². The molecule has 0 bridgehead atoms. The predicted octanol–water partition coefficient (Wildman–Crippen LogP) is 1.95. The maximum absolute atomic E-state index is 12.3. The summed E-state index contributed by atoms with van der Waals surface area (Å²) in [6.07, 6.45) is 5.90. The molecule has 1 atom stereocenters. The Kier molecular flexibility index (Phi) is 7.15. The van der Waals surface area contributed by atoms with Crippen molar-refractivity contribution < 1.29 is 19.1 Å². The van der Waals surface area contributed by atoms with E-state index in [0.717, 1.165) is 18.4 Å². The second kappa shape index (κ2) is 9.34. The van der Waals surface area contributed by atoms with E-state index in [4.69, 9.17) is 4.74 Å². The van der Waals surface area contributed by atoms with Crippen LogP contribution in [0.3, 0.4) is 0 Å². The van der Waals surface area contributed by atoms with E-state index in [-0.39, 0.29) is 12.3 Å². The fourth-order valence-corrected chi connectivity index (χ4v) is 2.85. The molecular formula is C19H28N4O4. The molecule has 27 heavy (non-hydrogen) atoms. The zero-order chi connectivity index (χ0) is 19.9. The molecular weight excluding hydrogens is 348 g/mol. The molecule has 0 aromatic carbocycles. The van der Waals surface area contributed by atoms with E-state index in [9.17, 15) is 14.4 Å². The number of nitrogens with zero attached hydrogens (tertiary/aromatic N) is 2. The van der Waals surface area contributed by atoms with E-state index in [1.165, 1.54) is 4.90 Å². The highest BCUT2D eigenvalue weighted by molar-refractivity contribution is 5.88. The number of aryl methyl sites for hydroxylation is 1. The molecule has 0 radical (unpaired) electrons. The van der Waals surface area contributed by atoms with Gasteiger partial charge in [-0.15, -0.1) is 0 Å². The zero-order valence-corrected chi connectivity index (χ0v) is 16.2. The fourth-order valence-electron chi connectivity index (χ4n) is 2.85. The maximum Gasteiger partial charge on any atom is 0.410 e. The summed E-state index contributed by atoms with van der Waals surface area (Å²) < 4.78 is 5.34. The van der Waals surface area contributed by atoms with Gasteiger partial charge in [-0.2, -0.15) is 0 Å². The van der Waals surface area contributed by atoms with E-state index in [1.54, 1.807) is 33.2 Å². The van der Waals surface area contributed by atoms with Crippen molar-refractivity contribution in [1.29, 1.82) is 0 Å². The van der Waals surface area contributed by atoms with Crippen LogP contribution in [0.2, 0.25) is 0 Å². The van der Waals surface area contributed by atoms with Crippen LogP contribution < -0.4 is 10.9 Å². The molecule has 1 fully saturated rings. The molecule has 1 aromatic rings. The Morgan fingerprint density at radius 2 is 2.07 bits per heavy atom. The molecule has 1 aliphatic heterocycles. The van der Waals surface area contributed by atoms with Crippen molar-refractivity contribution >= 4 is 17.9 Å². The van der Waals surface area contributed by atoms with Crippen LogP contribution in [-0.4, -0.2) is 46.0 Å². The lowest BCUT2D eigenvalue weighted by Gasteiger charge is -2.28. The molecule has 148 valence electrons. The van der Waals surface area contributed by atoms with Gasteiger partial charge < -0.3 is 4.74 Å². The summed E-state index contributed by atoms with van der Waals surface area (Å²) in [5, 5.41) is 0. The number of pyridine rings is 1. The molecule has 2 N–H and O–H groups in total. The topological polar surface area (TPSA) is 101 Å². The van der Waals surface area contributed by atoms with Crippen LogP contribution >= 0.6 is 0 Å². The smallest absolute Gasteiger partial charge is 0.410 e. The zero-order valence-electron chi connectivity index (χ0n) is 16.2. The molecule has 8 nitrogen and oxygen atoms in total. The van der Waals surface area contributed by atoms with E-state index >= 15 is 0 Å². The number of ether oxygens (including phenoxy) is 1. The highest BCUT2D eigenvalue weighted by Gasteiger charge is 2.36. The first kappa shape index (κ1) is 20.7. The highest BCUT2D eigenvalue weighted by Crippen LogP contribution is 2.20. The third kappa shape index (κ3) is 6.88. The standard InChI is InChI=1S/C19H28N4O4/c1-19(2,3)27-18(26)23-12-6-9-15(23)17(25)22-21-16(24)10-4-7-14-8-5-11-20-13-14/h5,8,11,13,15H,4,6-7,9-10,12H2,1-3H3,(H,21,24)(H,22,25). The second-order valence-electron chi connectivity index (χ2n) is 7.58. The van der Waals surface area contributed by atoms with Crippen LogP contribution in [0.4, 0.5) is 4.79 Å². The van der Waals surface area contributed by atoms with Gasteiger partial charge in [-0.3, -0.25) is 30.3 Å². The molecule has 8 heteroatoms. The van der Waals surface area contributed by atoms with E-state index < -0.39 is 23.6 Å². The SMILES string of the molecule is CC(C)(C)OC(=O)N1CCCC1C(=O)NNC(=O)CCCc1cccnc1. The number of carbonyl (C=O) groups excluding carboxylic acids is 3. The molecule has 0 spiro atoms. The number of hydrogen-bond donors (Lipinski definition) is 2. The van der Waals surface area contributed by atoms with Crippen molar-refractivity contribution in [3.05, 3.63) is 30.1 Å². The number of hydrazine groups is 1. The summed E-state index contributed by atoms with van der Waals surface area (Å²) in [5.74, 6) is -0.673. The minimum Gasteiger partial charge on any atom is -0.444 e. The lowest BCUT2D eigenvalue weighted by Crippen LogP contribution is -2.52. The van der Waals surface area contributed by atoms with Gasteiger partial charge >= 0.3 is 6.09 Å². The number of aromatic nitrogens is 1. The molecule has 2 rings (SSSR count). The molecule has 0 aliphatic carbocycles. The number of nitrogens with one attached hydrogen (secondary N) is 2. The summed E-state index contributed by atoms with van der Waals surface area (Å²) in [6.45, 7) is 5.80. The first-order valence-corrected chi connectivity index (χ1v) is 9.23. The van der Waals surface area contributed by atoms with E-state index in [2.05, 4.69) is 15.8 Å². The average Bonchev–Trinajstić information content (AvgIpc) is 3.09. The summed E-state index contributed by atoms with van der Waals surface area (Å²) in [6, 6.07) is 3.18. The molecule has 1 aliphatic rings. The molecule has 1 saturated heterocycles. The van der Waals surface area contributed by atoms with Crippen molar-refractivity contribution in [3.63, 3.8) is 0 Å². The summed E-state index contributed by atoms with van der Waals surface area (Å²) in [5.41, 5.74) is 5.28. The molecule has 1 unspecified atom stereocenters. The van der Waals surface area contributed by atoms with Crippen molar-refractivity contribution in [3.8, 4) is 0 Å². The molecule has 1 aromatic heterocycles. The van der Waals surface area contributed by atoms with E-state index in [0.29, 0.717) is 19.4 Å². The Hall–Kier alpha value is -2.64. The van der Waals surface area contributed by atoms with Gasteiger partial charge in [0.05, 0.1) is 0 Å². The van der Waals surface area contributed by atoms with Crippen molar-refractivity contribution in [1.82, 2.24) is 20.7 Å². The lowest BCUT2D eigenvalue weighted by molar-refractivity contribution is -0.131. The highest BCUT2D eigenvalue weighted by atomic mass is 16.6. The molecule has 3 amide bonds. The first-order valence-electron chi connectivity index (χ1n) is 9.23. The average molecular weight is 376 g/mol. The van der Waals surface area contributed by atoms with Crippen LogP contribution in [0.1, 0.15) is 52.0 Å². The number of amides is 3. The molecule has 2 heterocycles. The predicted molar refractivity (Wildman–Crippen MR) is 99.4 cm³/mol. The van der Waals surface area contributed by atoms with Crippen LogP contribution in [0.25, 0.3) is 0 Å². The summed E-state index contributed by atoms with van der Waals surface area (Å²) in [7, 11) is 0. The van der Waals surface area contributed by atoms with Gasteiger partial charge in [-0.25, -0.2) is 4.79 Å². The van der Waals surface area contributed by atoms with Crippen molar-refractivity contribution in [2.75, 3.05) is 6.54 Å². The van der Waals surface area contributed by atoms with Crippen LogP contribution in [0, 0.1) is 0 Å². The third-order valence-electron chi connectivity index (χ3n) is 4.10. The van der Waals surface area contributed by atoms with Crippen LogP contribution in [0.15, 0.2) is 24.5 Å². The van der Waals surface area contributed by atoms with Gasteiger partial charge in [0.1, 0.15) is 11.6 Å². The Morgan fingerprint density at radius 3 is 2.74 bits per heavy atom. The van der Waals surface area contributed by atoms with Gasteiger partial charge in [0.2, 0.25) is 5.91 Å². The second-order valence-corrected chi connectivity index (χ2v) is 7.58. The number of rotatable bonds is 5. The monoisotopic (exact) mass is 376 g/mol. The minimum absolute atomic E-state index is 0.269. The largest absolute Gasteiger partial charge is 0.444 e. The third-order valence-corrected chi connectivity index (χ3v) is 4.10. The Morgan fingerprint density at radius 1 is 1.30 bits per heavy atom. The maximum atomic E-state index is 12.3. The number of hydrogen-bond acceptors (Lipinski definition) is 5. The number of carbonyl (C=O) groups is 3. The molecule has 0 saturated carbocycles. The van der Waals surface area contributed by atoms with Gasteiger partial charge in [0.25, 0.3) is 5.91 Å². The normalized spacial score (nSPS) is 16.7. The summed E-state index contributed by atoms with van der Waals surface area (Å²) in [4.78, 5) is 41.9. The van der Waals surface area contributed by atoms with Gasteiger partial charge in [-0.05, 0) is 58.1 Å². The Balaban J connectivity index is 1.73. The minimum atomic E-state index is -0.629. The van der Waals surface area contributed by atoms with E-state index in [1.807, 2.05) is 12.1 Å². The quantitative estimate of drug-likeness (QED) is 0.765. The fraction of sp³-hybridized carbons (Fsp3) is 0.579. The van der Waals surface area contributed by atoms with Crippen molar-refractivity contribution in [2.45, 2.75) is 64.5 Å². The van der Waals surface area contributed by atoms with Gasteiger partial charge in [0, 0.05) is 25.4 Å². The Labute approximate surface area is 159 Å². The first-order chi connectivity index (χ1) is 12.8. The number of likely N-dealkylation sites (tertiary alicyclic amines) is 1. The summed E-state index contributed by atoms with van der Waals surface area (Å²) >= 11 is 0. The lowest BCUT2D eigenvalue weighted by atomic mass is 10.1. The van der Waals surface area contributed by atoms with Gasteiger partial charge in [0.15, 0.2) is 0 Å².